The van der Waals surface area contributed by atoms with Gasteiger partial charge in [0, 0.05) is 12.4 Å². The Morgan fingerprint density at radius 3 is 2.56 bits per heavy atom. The number of nitrogens with zero attached hydrogens (tertiary/aromatic N) is 3. The molecule has 0 spiro atoms. The van der Waals surface area contributed by atoms with E-state index in [2.05, 4.69) is 20.7 Å². The molecule has 1 aliphatic rings. The molecule has 0 saturated heterocycles. The molecule has 0 fully saturated rings. The largest absolute Gasteiger partial charge is 0.550 e. The molecule has 4 rings (SSSR count). The Kier molecular flexibility index (Phi) is 6.34. The Bertz CT molecular complexity index is 1080. The number of anilines is 2. The maximum Gasteiger partial charge on any atom is 0.250 e. The van der Waals surface area contributed by atoms with Gasteiger partial charge in [0.1, 0.15) is 5.75 Å². The van der Waals surface area contributed by atoms with Crippen LogP contribution in [0.25, 0.3) is 0 Å². The van der Waals surface area contributed by atoms with Crippen LogP contribution in [0.4, 0.5) is 11.9 Å². The van der Waals surface area contributed by atoms with Crippen molar-refractivity contribution >= 4 is 23.8 Å². The molecule has 166 valence electrons. The summed E-state index contributed by atoms with van der Waals surface area (Å²) in [6, 6.07) is 17.8. The van der Waals surface area contributed by atoms with E-state index in [1.54, 1.807) is 11.8 Å². The van der Waals surface area contributed by atoms with Gasteiger partial charge in [-0.05, 0) is 42.5 Å². The van der Waals surface area contributed by atoms with Crippen LogP contribution >= 0.6 is 0 Å². The number of carbonyl (C=O) groups excluding carboxylic acids is 2. The minimum Gasteiger partial charge on any atom is -0.550 e. The molecule has 2 atom stereocenters. The summed E-state index contributed by atoms with van der Waals surface area (Å²) in [5.41, 5.74) is 2.18. The molecule has 0 radical (unpaired) electrons. The maximum atomic E-state index is 12.2. The van der Waals surface area contributed by atoms with Crippen molar-refractivity contribution < 1.29 is 19.4 Å². The van der Waals surface area contributed by atoms with Gasteiger partial charge in [0.2, 0.25) is 11.9 Å². The SMILES string of the molecule is COc1ccc([C@@H]2C[C@H](c3ccccc3)n3nc(NC(=O)CCCC(=O)[O-])nc3N2)cc1. The zero-order valence-electron chi connectivity index (χ0n) is 17.7. The van der Waals surface area contributed by atoms with Crippen molar-refractivity contribution in [2.45, 2.75) is 37.8 Å². The van der Waals surface area contributed by atoms with Gasteiger partial charge in [-0.1, -0.05) is 42.5 Å². The molecule has 2 aromatic carbocycles. The van der Waals surface area contributed by atoms with Gasteiger partial charge in [-0.25, -0.2) is 4.68 Å². The highest BCUT2D eigenvalue weighted by Gasteiger charge is 2.31. The Labute approximate surface area is 185 Å². The van der Waals surface area contributed by atoms with E-state index < -0.39 is 5.97 Å². The van der Waals surface area contributed by atoms with Gasteiger partial charge < -0.3 is 20.0 Å². The fourth-order valence-corrected chi connectivity index (χ4v) is 3.82. The first-order valence-corrected chi connectivity index (χ1v) is 10.4. The molecular formula is C23H24N5O4-. The summed E-state index contributed by atoms with van der Waals surface area (Å²) in [5, 5.41) is 21.1. The van der Waals surface area contributed by atoms with Crippen LogP contribution in [0, 0.1) is 0 Å². The summed E-state index contributed by atoms with van der Waals surface area (Å²) in [5.74, 6) is 0.0132. The van der Waals surface area contributed by atoms with Gasteiger partial charge in [0.05, 0.1) is 19.2 Å². The molecule has 9 nitrogen and oxygen atoms in total. The predicted octanol–water partition coefficient (Wildman–Crippen LogP) is 2.29. The third kappa shape index (κ3) is 4.88. The van der Waals surface area contributed by atoms with E-state index >= 15 is 0 Å². The van der Waals surface area contributed by atoms with E-state index in [9.17, 15) is 14.7 Å². The number of amides is 1. The van der Waals surface area contributed by atoms with Crippen molar-refractivity contribution in [1.29, 1.82) is 0 Å². The van der Waals surface area contributed by atoms with Gasteiger partial charge in [-0.3, -0.25) is 10.1 Å². The fraction of sp³-hybridized carbons (Fsp3) is 0.304. The Morgan fingerprint density at radius 2 is 1.88 bits per heavy atom. The second-order valence-corrected chi connectivity index (χ2v) is 7.61. The number of carboxylic acids is 1. The first-order valence-electron chi connectivity index (χ1n) is 10.4. The number of benzene rings is 2. The Hall–Kier alpha value is -3.88. The van der Waals surface area contributed by atoms with Crippen molar-refractivity contribution in [3.8, 4) is 5.75 Å². The van der Waals surface area contributed by atoms with Crippen molar-refractivity contribution in [2.24, 2.45) is 0 Å². The summed E-state index contributed by atoms with van der Waals surface area (Å²) in [6.45, 7) is 0. The van der Waals surface area contributed by atoms with Gasteiger partial charge in [0.25, 0.3) is 5.95 Å². The summed E-state index contributed by atoms with van der Waals surface area (Å²) in [7, 11) is 1.64. The van der Waals surface area contributed by atoms with Gasteiger partial charge in [-0.2, -0.15) is 4.98 Å². The summed E-state index contributed by atoms with van der Waals surface area (Å²) in [4.78, 5) is 27.2. The lowest BCUT2D eigenvalue weighted by atomic mass is 9.93. The highest BCUT2D eigenvalue weighted by Crippen LogP contribution is 2.38. The highest BCUT2D eigenvalue weighted by molar-refractivity contribution is 5.89. The lowest BCUT2D eigenvalue weighted by Gasteiger charge is -2.31. The first-order chi connectivity index (χ1) is 15.5. The minimum atomic E-state index is -1.17. The van der Waals surface area contributed by atoms with Crippen LogP contribution in [0.15, 0.2) is 54.6 Å². The van der Waals surface area contributed by atoms with Crippen LogP contribution < -0.4 is 20.5 Å². The van der Waals surface area contributed by atoms with Crippen LogP contribution in [-0.2, 0) is 9.59 Å². The number of ether oxygens (including phenoxy) is 1. The number of methoxy groups -OCH3 is 1. The number of hydrogen-bond donors (Lipinski definition) is 2. The molecule has 0 saturated carbocycles. The van der Waals surface area contributed by atoms with E-state index in [1.165, 1.54) is 0 Å². The molecule has 1 amide bonds. The fourth-order valence-electron chi connectivity index (χ4n) is 3.82. The number of carboxylic acid groups (broad SMARTS) is 1. The number of fused-ring (bicyclic) bond motifs is 1. The van der Waals surface area contributed by atoms with Crippen molar-refractivity contribution in [3.63, 3.8) is 0 Å². The second-order valence-electron chi connectivity index (χ2n) is 7.61. The van der Waals surface area contributed by atoms with Gasteiger partial charge >= 0.3 is 0 Å². The third-order valence-corrected chi connectivity index (χ3v) is 5.43. The Morgan fingerprint density at radius 1 is 1.12 bits per heavy atom. The van der Waals surface area contributed by atoms with E-state index in [1.807, 2.05) is 54.6 Å². The standard InChI is InChI=1S/C23H25N5O4/c1-32-17-12-10-15(11-13-17)18-14-19(16-6-3-2-4-7-16)28-23(24-18)26-22(27-28)25-20(29)8-5-9-21(30)31/h2-4,6-7,10-13,18-19H,5,8-9,14H2,1H3,(H,30,31)(H2,24,25,26,27,29)/p-1/t18-,19+/m0/s1. The molecule has 3 aromatic rings. The molecule has 0 aliphatic carbocycles. The Balaban J connectivity index is 1.57. The minimum absolute atomic E-state index is 0.00516. The smallest absolute Gasteiger partial charge is 0.250 e. The number of hydrogen-bond acceptors (Lipinski definition) is 7. The molecule has 9 heteroatoms. The van der Waals surface area contributed by atoms with E-state index in [4.69, 9.17) is 4.74 Å². The van der Waals surface area contributed by atoms with Crippen molar-refractivity contribution in [3.05, 3.63) is 65.7 Å². The number of nitrogens with one attached hydrogen (secondary N) is 2. The molecule has 0 unspecified atom stereocenters. The topological polar surface area (TPSA) is 121 Å². The van der Waals surface area contributed by atoms with Crippen LogP contribution in [0.1, 0.15) is 48.9 Å². The van der Waals surface area contributed by atoms with E-state index in [0.29, 0.717) is 5.95 Å². The van der Waals surface area contributed by atoms with Crippen LogP contribution in [-0.4, -0.2) is 33.8 Å². The number of aliphatic carboxylic acids is 1. The monoisotopic (exact) mass is 434 g/mol. The average Bonchev–Trinajstić information content (AvgIpc) is 3.21. The molecule has 1 aromatic heterocycles. The highest BCUT2D eigenvalue weighted by atomic mass is 16.5. The zero-order chi connectivity index (χ0) is 22.5. The van der Waals surface area contributed by atoms with E-state index in [0.717, 1.165) is 23.3 Å². The normalized spacial score (nSPS) is 17.2. The molecular weight excluding hydrogens is 410 g/mol. The first kappa shape index (κ1) is 21.4. The molecule has 0 bridgehead atoms. The lowest BCUT2D eigenvalue weighted by Crippen LogP contribution is -2.28. The third-order valence-electron chi connectivity index (χ3n) is 5.43. The number of rotatable bonds is 8. The average molecular weight is 434 g/mol. The summed E-state index contributed by atoms with van der Waals surface area (Å²) in [6.07, 6.45) is 0.835. The summed E-state index contributed by atoms with van der Waals surface area (Å²) < 4.78 is 7.05. The molecule has 2 N–H and O–H groups in total. The predicted molar refractivity (Wildman–Crippen MR) is 116 cm³/mol. The lowest BCUT2D eigenvalue weighted by molar-refractivity contribution is -0.305. The van der Waals surface area contributed by atoms with E-state index in [-0.39, 0.29) is 43.2 Å². The maximum absolute atomic E-state index is 12.2. The van der Waals surface area contributed by atoms with Crippen LogP contribution in [0.3, 0.4) is 0 Å². The van der Waals surface area contributed by atoms with Crippen LogP contribution in [0.5, 0.6) is 5.75 Å². The molecule has 32 heavy (non-hydrogen) atoms. The van der Waals surface area contributed by atoms with Crippen molar-refractivity contribution in [2.75, 3.05) is 17.7 Å². The number of aromatic nitrogens is 3. The zero-order valence-corrected chi connectivity index (χ0v) is 17.7. The second kappa shape index (κ2) is 9.51. The quantitative estimate of drug-likeness (QED) is 0.558. The van der Waals surface area contributed by atoms with Crippen molar-refractivity contribution in [1.82, 2.24) is 14.8 Å². The van der Waals surface area contributed by atoms with Gasteiger partial charge in [0.15, 0.2) is 0 Å². The van der Waals surface area contributed by atoms with Crippen LogP contribution in [0.2, 0.25) is 0 Å². The molecule has 1 aliphatic heterocycles. The number of carbonyl (C=O) groups is 2. The summed E-state index contributed by atoms with van der Waals surface area (Å²) >= 11 is 0. The molecule has 2 heterocycles. The van der Waals surface area contributed by atoms with Gasteiger partial charge in [-0.15, -0.1) is 5.10 Å².